The van der Waals surface area contributed by atoms with Gasteiger partial charge in [0, 0.05) is 26.6 Å². The van der Waals surface area contributed by atoms with E-state index in [1.807, 2.05) is 6.92 Å². The molecule has 6 heteroatoms. The van der Waals surface area contributed by atoms with Gasteiger partial charge in [0.15, 0.2) is 0 Å². The molecule has 0 bridgehead atoms. The van der Waals surface area contributed by atoms with Crippen molar-refractivity contribution < 1.29 is 14.4 Å². The van der Waals surface area contributed by atoms with Crippen LogP contribution in [0.5, 0.6) is 0 Å². The molecule has 1 aliphatic heterocycles. The molecule has 0 aromatic carbocycles. The predicted octanol–water partition coefficient (Wildman–Crippen LogP) is -0.593. The Morgan fingerprint density at radius 1 is 1.47 bits per heavy atom. The molecule has 1 fully saturated rings. The number of hydrogen-bond donors (Lipinski definition) is 1. The first kappa shape index (κ1) is 11.5. The minimum atomic E-state index is -0.405. The van der Waals surface area contributed by atoms with Crippen LogP contribution in [0.25, 0.3) is 0 Å². The van der Waals surface area contributed by atoms with E-state index < -0.39 is 6.03 Å². The van der Waals surface area contributed by atoms with Crippen molar-refractivity contribution in [2.24, 2.45) is 0 Å². The molecule has 1 saturated heterocycles. The topological polar surface area (TPSA) is 69.7 Å². The van der Waals surface area contributed by atoms with Gasteiger partial charge in [-0.05, 0) is 6.92 Å². The summed E-state index contributed by atoms with van der Waals surface area (Å²) in [6.45, 7) is 2.69. The van der Waals surface area contributed by atoms with E-state index in [9.17, 15) is 14.4 Å². The molecular formula is C9H15N3O3. The van der Waals surface area contributed by atoms with Gasteiger partial charge >= 0.3 is 6.03 Å². The van der Waals surface area contributed by atoms with Crippen molar-refractivity contribution in [3.05, 3.63) is 0 Å². The summed E-state index contributed by atoms with van der Waals surface area (Å²) >= 11 is 0. The number of carbonyl (C=O) groups excluding carboxylic acids is 3. The Bertz CT molecular complexity index is 290. The molecule has 0 aromatic heterocycles. The minimum Gasteiger partial charge on any atom is -0.355 e. The highest BCUT2D eigenvalue weighted by Crippen LogP contribution is 2.07. The van der Waals surface area contributed by atoms with Gasteiger partial charge in [0.2, 0.25) is 11.8 Å². The molecule has 1 heterocycles. The summed E-state index contributed by atoms with van der Waals surface area (Å²) in [5.74, 6) is -0.402. The lowest BCUT2D eigenvalue weighted by Crippen LogP contribution is -2.53. The molecule has 0 unspecified atom stereocenters. The second-order valence-corrected chi connectivity index (χ2v) is 3.36. The number of hydrogen-bond acceptors (Lipinski definition) is 3. The van der Waals surface area contributed by atoms with E-state index in [0.717, 1.165) is 4.90 Å². The van der Waals surface area contributed by atoms with Crippen LogP contribution in [0, 0.1) is 0 Å². The Labute approximate surface area is 88.2 Å². The summed E-state index contributed by atoms with van der Waals surface area (Å²) in [5, 5.41) is 2.60. The molecule has 84 valence electrons. The lowest BCUT2D eigenvalue weighted by Gasteiger charge is -2.31. The maximum absolute atomic E-state index is 11.5. The minimum absolute atomic E-state index is 0.0181. The SMILES string of the molecule is CCNC(=O)CN1CCC(=O)N(C)C1=O. The van der Waals surface area contributed by atoms with Gasteiger partial charge in [0.25, 0.3) is 0 Å². The number of amides is 4. The quantitative estimate of drug-likeness (QED) is 0.681. The Hall–Kier alpha value is -1.59. The Morgan fingerprint density at radius 3 is 2.73 bits per heavy atom. The molecule has 1 rings (SSSR count). The summed E-state index contributed by atoms with van der Waals surface area (Å²) in [7, 11) is 1.43. The molecule has 4 amide bonds. The lowest BCUT2D eigenvalue weighted by molar-refractivity contribution is -0.131. The maximum atomic E-state index is 11.5. The highest BCUT2D eigenvalue weighted by molar-refractivity contribution is 5.97. The molecule has 0 saturated carbocycles. The van der Waals surface area contributed by atoms with Crippen LogP contribution in [0.4, 0.5) is 4.79 Å². The van der Waals surface area contributed by atoms with E-state index in [0.29, 0.717) is 13.1 Å². The molecule has 0 radical (unpaired) electrons. The molecule has 15 heavy (non-hydrogen) atoms. The van der Waals surface area contributed by atoms with Gasteiger partial charge in [-0.3, -0.25) is 14.5 Å². The Balaban J connectivity index is 2.53. The van der Waals surface area contributed by atoms with E-state index in [4.69, 9.17) is 0 Å². The number of nitrogens with zero attached hydrogens (tertiary/aromatic N) is 2. The zero-order valence-electron chi connectivity index (χ0n) is 8.95. The highest BCUT2D eigenvalue weighted by Gasteiger charge is 2.29. The van der Waals surface area contributed by atoms with Crippen molar-refractivity contribution in [3.63, 3.8) is 0 Å². The third-order valence-corrected chi connectivity index (χ3v) is 2.24. The van der Waals surface area contributed by atoms with Crippen molar-refractivity contribution in [1.82, 2.24) is 15.1 Å². The summed E-state index contributed by atoms with van der Waals surface area (Å²) in [6.07, 6.45) is 0.279. The highest BCUT2D eigenvalue weighted by atomic mass is 16.2. The van der Waals surface area contributed by atoms with Gasteiger partial charge in [-0.1, -0.05) is 0 Å². The second-order valence-electron chi connectivity index (χ2n) is 3.36. The predicted molar refractivity (Wildman–Crippen MR) is 53.0 cm³/mol. The first-order valence-electron chi connectivity index (χ1n) is 4.88. The van der Waals surface area contributed by atoms with E-state index >= 15 is 0 Å². The number of carbonyl (C=O) groups is 3. The monoisotopic (exact) mass is 213 g/mol. The molecule has 0 aromatic rings. The van der Waals surface area contributed by atoms with E-state index in [1.165, 1.54) is 11.9 Å². The lowest BCUT2D eigenvalue weighted by atomic mass is 10.3. The van der Waals surface area contributed by atoms with Gasteiger partial charge in [-0.25, -0.2) is 4.79 Å². The van der Waals surface area contributed by atoms with Crippen molar-refractivity contribution >= 4 is 17.8 Å². The van der Waals surface area contributed by atoms with Gasteiger partial charge in [0.05, 0.1) is 0 Å². The van der Waals surface area contributed by atoms with Crippen LogP contribution in [0.15, 0.2) is 0 Å². The normalized spacial score (nSPS) is 16.9. The van der Waals surface area contributed by atoms with Crippen LogP contribution in [0.2, 0.25) is 0 Å². The summed E-state index contributed by atoms with van der Waals surface area (Å²) in [5.41, 5.74) is 0. The number of nitrogens with one attached hydrogen (secondary N) is 1. The van der Waals surface area contributed by atoms with Crippen molar-refractivity contribution in [2.75, 3.05) is 26.7 Å². The van der Waals surface area contributed by atoms with E-state index in [2.05, 4.69) is 5.32 Å². The number of urea groups is 1. The average molecular weight is 213 g/mol. The summed E-state index contributed by atoms with van der Waals surface area (Å²) < 4.78 is 0. The van der Waals surface area contributed by atoms with Gasteiger partial charge in [-0.2, -0.15) is 0 Å². The van der Waals surface area contributed by atoms with Crippen LogP contribution >= 0.6 is 0 Å². The third kappa shape index (κ3) is 2.68. The zero-order valence-corrected chi connectivity index (χ0v) is 8.95. The first-order chi connectivity index (χ1) is 7.06. The van der Waals surface area contributed by atoms with Crippen molar-refractivity contribution in [2.45, 2.75) is 13.3 Å². The Kier molecular flexibility index (Phi) is 3.65. The van der Waals surface area contributed by atoms with Crippen LogP contribution in [-0.2, 0) is 9.59 Å². The Morgan fingerprint density at radius 2 is 2.13 bits per heavy atom. The van der Waals surface area contributed by atoms with E-state index in [-0.39, 0.29) is 24.8 Å². The van der Waals surface area contributed by atoms with Gasteiger partial charge in [-0.15, -0.1) is 0 Å². The van der Waals surface area contributed by atoms with Gasteiger partial charge < -0.3 is 10.2 Å². The number of rotatable bonds is 3. The molecule has 1 aliphatic rings. The fourth-order valence-electron chi connectivity index (χ4n) is 1.39. The first-order valence-corrected chi connectivity index (χ1v) is 4.88. The molecular weight excluding hydrogens is 198 g/mol. The van der Waals surface area contributed by atoms with Crippen LogP contribution in [0.3, 0.4) is 0 Å². The average Bonchev–Trinajstić information content (AvgIpc) is 2.20. The van der Waals surface area contributed by atoms with Crippen LogP contribution in [0.1, 0.15) is 13.3 Å². The summed E-state index contributed by atoms with van der Waals surface area (Å²) in [4.78, 5) is 36.3. The fourth-order valence-corrected chi connectivity index (χ4v) is 1.39. The fraction of sp³-hybridized carbons (Fsp3) is 0.667. The summed E-state index contributed by atoms with van der Waals surface area (Å²) in [6, 6.07) is -0.405. The molecule has 6 nitrogen and oxygen atoms in total. The van der Waals surface area contributed by atoms with Crippen LogP contribution in [-0.4, -0.2) is 54.3 Å². The van der Waals surface area contributed by atoms with Gasteiger partial charge in [0.1, 0.15) is 6.54 Å². The second kappa shape index (κ2) is 4.77. The molecule has 0 spiro atoms. The molecule has 0 aliphatic carbocycles. The molecule has 1 N–H and O–H groups in total. The maximum Gasteiger partial charge on any atom is 0.326 e. The largest absolute Gasteiger partial charge is 0.355 e. The number of imide groups is 1. The van der Waals surface area contributed by atoms with Crippen molar-refractivity contribution in [3.8, 4) is 0 Å². The smallest absolute Gasteiger partial charge is 0.326 e. The van der Waals surface area contributed by atoms with Crippen molar-refractivity contribution in [1.29, 1.82) is 0 Å². The zero-order chi connectivity index (χ0) is 11.4. The van der Waals surface area contributed by atoms with E-state index in [1.54, 1.807) is 0 Å². The third-order valence-electron chi connectivity index (χ3n) is 2.24. The molecule has 0 atom stereocenters. The van der Waals surface area contributed by atoms with Crippen LogP contribution < -0.4 is 5.32 Å². The number of likely N-dealkylation sites (N-methyl/N-ethyl adjacent to an activating group) is 1. The standard InChI is InChI=1S/C9H15N3O3/c1-3-10-7(13)6-12-5-4-8(14)11(2)9(12)15/h3-6H2,1-2H3,(H,10,13).